The summed E-state index contributed by atoms with van der Waals surface area (Å²) in [5, 5.41) is 3.52. The van der Waals surface area contributed by atoms with E-state index in [2.05, 4.69) is 32.2 Å². The van der Waals surface area contributed by atoms with Gasteiger partial charge < -0.3 is 15.0 Å². The van der Waals surface area contributed by atoms with Gasteiger partial charge in [0.1, 0.15) is 17.7 Å². The first-order chi connectivity index (χ1) is 17.2. The van der Waals surface area contributed by atoms with Gasteiger partial charge in [-0.15, -0.1) is 11.8 Å². The lowest BCUT2D eigenvalue weighted by Crippen LogP contribution is -2.29. The van der Waals surface area contributed by atoms with Crippen LogP contribution < -0.4 is 10.1 Å². The van der Waals surface area contributed by atoms with Crippen LogP contribution in [-0.2, 0) is 16.8 Å². The zero-order chi connectivity index (χ0) is 25.7. The Balaban J connectivity index is 1.32. The Kier molecular flexibility index (Phi) is 8.27. The second-order valence-corrected chi connectivity index (χ2v) is 11.3. The number of para-hydroxylation sites is 1. The monoisotopic (exact) mass is 522 g/mol. The minimum absolute atomic E-state index is 0.0196. The molecule has 1 aliphatic heterocycles. The van der Waals surface area contributed by atoms with E-state index in [4.69, 9.17) is 16.3 Å². The lowest BCUT2D eigenvalue weighted by molar-refractivity contribution is -0.128. The number of nitrogens with one attached hydrogen (secondary N) is 1. The summed E-state index contributed by atoms with van der Waals surface area (Å²) in [4.78, 5) is 27.1. The number of rotatable bonds is 8. The number of hydrogen-bond acceptors (Lipinski definition) is 4. The van der Waals surface area contributed by atoms with Crippen molar-refractivity contribution < 1.29 is 14.3 Å². The molecule has 0 radical (unpaired) electrons. The second kappa shape index (κ2) is 11.4. The summed E-state index contributed by atoms with van der Waals surface area (Å²) < 4.78 is 5.95. The van der Waals surface area contributed by atoms with Crippen LogP contribution in [0.5, 0.6) is 5.75 Å². The molecule has 188 valence electrons. The Labute approximate surface area is 222 Å². The number of nitrogens with zero attached hydrogens (tertiary/aromatic N) is 1. The molecule has 2 amide bonds. The summed E-state index contributed by atoms with van der Waals surface area (Å²) in [6.07, 6.45) is 0. The number of halogens is 1. The van der Waals surface area contributed by atoms with Crippen LogP contribution >= 0.6 is 23.4 Å². The number of carbonyl (C=O) groups is 2. The fourth-order valence-electron chi connectivity index (χ4n) is 4.13. The lowest BCUT2D eigenvalue weighted by atomic mass is 9.86. The van der Waals surface area contributed by atoms with E-state index < -0.39 is 0 Å². The maximum Gasteiger partial charge on any atom is 0.251 e. The molecule has 7 heteroatoms. The highest BCUT2D eigenvalue weighted by molar-refractivity contribution is 8.00. The summed E-state index contributed by atoms with van der Waals surface area (Å²) in [5.41, 5.74) is 3.73. The molecule has 36 heavy (non-hydrogen) atoms. The minimum Gasteiger partial charge on any atom is -0.491 e. The second-order valence-electron chi connectivity index (χ2n) is 9.78. The SMILES string of the molecule is CC(C)(C)c1ccccc1OCCNC(=O)c1ccc([C@@H]2SCC(=O)N2Cc2ccc(Cl)cc2)cc1. The smallest absolute Gasteiger partial charge is 0.251 e. The maximum absolute atomic E-state index is 12.7. The Bertz CT molecular complexity index is 1210. The summed E-state index contributed by atoms with van der Waals surface area (Å²) in [6, 6.07) is 23.0. The summed E-state index contributed by atoms with van der Waals surface area (Å²) >= 11 is 7.59. The number of benzene rings is 3. The van der Waals surface area contributed by atoms with Gasteiger partial charge in [0.15, 0.2) is 0 Å². The van der Waals surface area contributed by atoms with Crippen LogP contribution in [0.25, 0.3) is 0 Å². The summed E-state index contributed by atoms with van der Waals surface area (Å²) in [6.45, 7) is 7.76. The lowest BCUT2D eigenvalue weighted by Gasteiger charge is -2.24. The minimum atomic E-state index is -0.151. The van der Waals surface area contributed by atoms with Gasteiger partial charge in [-0.2, -0.15) is 0 Å². The molecule has 1 saturated heterocycles. The van der Waals surface area contributed by atoms with Gasteiger partial charge in [0, 0.05) is 17.1 Å². The van der Waals surface area contributed by atoms with Crippen molar-refractivity contribution in [3.8, 4) is 5.75 Å². The van der Waals surface area contributed by atoms with Gasteiger partial charge in [0.2, 0.25) is 5.91 Å². The van der Waals surface area contributed by atoms with Crippen LogP contribution in [0.4, 0.5) is 0 Å². The number of hydrogen-bond donors (Lipinski definition) is 1. The molecule has 3 aromatic carbocycles. The van der Waals surface area contributed by atoms with E-state index in [-0.39, 0.29) is 22.6 Å². The highest BCUT2D eigenvalue weighted by atomic mass is 35.5. The van der Waals surface area contributed by atoms with Gasteiger partial charge in [-0.1, -0.05) is 74.8 Å². The molecule has 0 unspecified atom stereocenters. The van der Waals surface area contributed by atoms with E-state index in [1.165, 1.54) is 0 Å². The van der Waals surface area contributed by atoms with Crippen molar-refractivity contribution in [2.24, 2.45) is 0 Å². The fraction of sp³-hybridized carbons (Fsp3) is 0.310. The van der Waals surface area contributed by atoms with Crippen molar-refractivity contribution in [1.82, 2.24) is 10.2 Å². The van der Waals surface area contributed by atoms with Crippen LogP contribution in [0.15, 0.2) is 72.8 Å². The average Bonchev–Trinajstić information content (AvgIpc) is 3.22. The predicted molar refractivity (Wildman–Crippen MR) is 147 cm³/mol. The van der Waals surface area contributed by atoms with Crippen molar-refractivity contribution in [1.29, 1.82) is 0 Å². The van der Waals surface area contributed by atoms with Crippen molar-refractivity contribution in [3.05, 3.63) is 100 Å². The number of amides is 2. The molecule has 0 bridgehead atoms. The first-order valence-corrected chi connectivity index (χ1v) is 13.4. The third-order valence-electron chi connectivity index (χ3n) is 6.03. The zero-order valence-corrected chi connectivity index (χ0v) is 22.4. The van der Waals surface area contributed by atoms with E-state index in [1.54, 1.807) is 11.8 Å². The van der Waals surface area contributed by atoms with Gasteiger partial charge in [-0.25, -0.2) is 0 Å². The molecular formula is C29H31ClN2O3S. The largest absolute Gasteiger partial charge is 0.491 e. The topological polar surface area (TPSA) is 58.6 Å². The van der Waals surface area contributed by atoms with Crippen LogP contribution in [0, 0.1) is 0 Å². The Morgan fingerprint density at radius 3 is 2.44 bits per heavy atom. The number of ether oxygens (including phenoxy) is 1. The fourth-order valence-corrected chi connectivity index (χ4v) is 5.44. The molecular weight excluding hydrogens is 492 g/mol. The van der Waals surface area contributed by atoms with Crippen molar-refractivity contribution >= 4 is 35.2 Å². The van der Waals surface area contributed by atoms with Gasteiger partial charge >= 0.3 is 0 Å². The van der Waals surface area contributed by atoms with Crippen LogP contribution in [0.3, 0.4) is 0 Å². The van der Waals surface area contributed by atoms with Crippen LogP contribution in [0.1, 0.15) is 53.2 Å². The van der Waals surface area contributed by atoms with Crippen LogP contribution in [-0.4, -0.2) is 35.6 Å². The third kappa shape index (κ3) is 6.42. The van der Waals surface area contributed by atoms with Gasteiger partial charge in [0.05, 0.1) is 12.3 Å². The van der Waals surface area contributed by atoms with Crippen molar-refractivity contribution in [3.63, 3.8) is 0 Å². The number of carbonyl (C=O) groups excluding carboxylic acids is 2. The Morgan fingerprint density at radius 2 is 1.75 bits per heavy atom. The van der Waals surface area contributed by atoms with E-state index in [0.29, 0.717) is 36.0 Å². The Morgan fingerprint density at radius 1 is 1.06 bits per heavy atom. The van der Waals surface area contributed by atoms with E-state index in [0.717, 1.165) is 22.4 Å². The molecule has 1 fully saturated rings. The molecule has 0 saturated carbocycles. The molecule has 5 nitrogen and oxygen atoms in total. The van der Waals surface area contributed by atoms with Crippen LogP contribution in [0.2, 0.25) is 5.02 Å². The van der Waals surface area contributed by atoms with E-state index in [1.807, 2.05) is 71.6 Å². The van der Waals surface area contributed by atoms with E-state index in [9.17, 15) is 9.59 Å². The zero-order valence-electron chi connectivity index (χ0n) is 20.8. The van der Waals surface area contributed by atoms with Gasteiger partial charge in [-0.05, 0) is 52.4 Å². The summed E-state index contributed by atoms with van der Waals surface area (Å²) in [7, 11) is 0. The van der Waals surface area contributed by atoms with Crippen molar-refractivity contribution in [2.75, 3.05) is 18.9 Å². The molecule has 1 atom stereocenters. The molecule has 1 heterocycles. The standard InChI is InChI=1S/C29H31ClN2O3S/c1-29(2,3)24-6-4-5-7-25(24)35-17-16-31-27(34)21-10-12-22(13-11-21)28-32(26(33)19-36-28)18-20-8-14-23(30)15-9-20/h4-15,28H,16-19H2,1-3H3,(H,31,34)/t28-/m0/s1. The molecule has 1 aliphatic rings. The average molecular weight is 523 g/mol. The number of thioether (sulfide) groups is 1. The van der Waals surface area contributed by atoms with E-state index >= 15 is 0 Å². The molecule has 1 N–H and O–H groups in total. The van der Waals surface area contributed by atoms with Gasteiger partial charge in [0.25, 0.3) is 5.91 Å². The quantitative estimate of drug-likeness (QED) is 0.357. The third-order valence-corrected chi connectivity index (χ3v) is 7.54. The first kappa shape index (κ1) is 26.1. The molecule has 4 rings (SSSR count). The molecule has 0 aromatic heterocycles. The molecule has 0 spiro atoms. The van der Waals surface area contributed by atoms with Crippen molar-refractivity contribution in [2.45, 2.75) is 38.1 Å². The molecule has 3 aromatic rings. The molecule has 0 aliphatic carbocycles. The Hall–Kier alpha value is -2.96. The highest BCUT2D eigenvalue weighted by Gasteiger charge is 2.32. The summed E-state index contributed by atoms with van der Waals surface area (Å²) in [5.74, 6) is 1.24. The first-order valence-electron chi connectivity index (χ1n) is 12.0. The predicted octanol–water partition coefficient (Wildman–Crippen LogP) is 6.22. The van der Waals surface area contributed by atoms with Gasteiger partial charge in [-0.3, -0.25) is 9.59 Å². The maximum atomic E-state index is 12.7. The normalized spacial score (nSPS) is 15.7. The highest BCUT2D eigenvalue weighted by Crippen LogP contribution is 2.39.